The molecule has 16 heavy (non-hydrogen) atoms. The lowest BCUT2D eigenvalue weighted by Gasteiger charge is -2.17. The maximum atomic E-state index is 12.7. The first-order valence-electron chi connectivity index (χ1n) is 5.99. The minimum absolute atomic E-state index is 0.160. The molecule has 0 radical (unpaired) electrons. The smallest absolute Gasteiger partial charge is 0.123 e. The molecule has 2 rings (SSSR count). The van der Waals surface area contributed by atoms with Gasteiger partial charge in [0.15, 0.2) is 0 Å². The molecule has 0 saturated carbocycles. The summed E-state index contributed by atoms with van der Waals surface area (Å²) in [7, 11) is 0. The first-order chi connectivity index (χ1) is 7.84. The predicted molar refractivity (Wildman–Crippen MR) is 64.9 cm³/mol. The van der Waals surface area contributed by atoms with Gasteiger partial charge < -0.3 is 5.32 Å². The Bertz CT molecular complexity index is 342. The van der Waals surface area contributed by atoms with E-state index in [-0.39, 0.29) is 5.82 Å². The highest BCUT2D eigenvalue weighted by molar-refractivity contribution is 5.16. The molecule has 1 aromatic rings. The van der Waals surface area contributed by atoms with Crippen LogP contribution >= 0.6 is 0 Å². The Morgan fingerprint density at radius 1 is 1.25 bits per heavy atom. The molecule has 2 heteroatoms. The summed E-state index contributed by atoms with van der Waals surface area (Å²) in [5, 5.41) is 3.50. The summed E-state index contributed by atoms with van der Waals surface area (Å²) in [6, 6.07) is 7.29. The molecule has 1 aliphatic rings. The standard InChI is InChI=1S/C14H18FN/c15-13-8-6-12(7-9-13)10-11-16-14-4-2-1-3-5-14/h2,4,6-9,14,16H,1,3,5,10-11H2. The van der Waals surface area contributed by atoms with Gasteiger partial charge in [-0.15, -0.1) is 0 Å². The normalized spacial score (nSPS) is 19.9. The highest BCUT2D eigenvalue weighted by Gasteiger charge is 2.06. The van der Waals surface area contributed by atoms with Gasteiger partial charge in [0, 0.05) is 6.04 Å². The quantitative estimate of drug-likeness (QED) is 0.767. The van der Waals surface area contributed by atoms with E-state index in [1.54, 1.807) is 0 Å². The predicted octanol–water partition coefficient (Wildman–Crippen LogP) is 3.07. The number of hydrogen-bond donors (Lipinski definition) is 1. The molecule has 86 valence electrons. The molecule has 0 spiro atoms. The minimum atomic E-state index is -0.160. The SMILES string of the molecule is Fc1ccc(CCNC2C=CCCC2)cc1. The second-order valence-corrected chi connectivity index (χ2v) is 4.30. The van der Waals surface area contributed by atoms with Gasteiger partial charge in [0.1, 0.15) is 5.82 Å². The average Bonchev–Trinajstić information content (AvgIpc) is 2.33. The lowest BCUT2D eigenvalue weighted by Crippen LogP contribution is -2.30. The molecule has 0 aromatic heterocycles. The molecule has 0 fully saturated rings. The highest BCUT2D eigenvalue weighted by atomic mass is 19.1. The molecule has 1 atom stereocenters. The lowest BCUT2D eigenvalue weighted by molar-refractivity contribution is 0.525. The van der Waals surface area contributed by atoms with Gasteiger partial charge in [-0.05, 0) is 49.9 Å². The molecule has 1 aromatic carbocycles. The second-order valence-electron chi connectivity index (χ2n) is 4.30. The van der Waals surface area contributed by atoms with E-state index in [4.69, 9.17) is 0 Å². The number of nitrogens with one attached hydrogen (secondary N) is 1. The van der Waals surface area contributed by atoms with E-state index < -0.39 is 0 Å². The van der Waals surface area contributed by atoms with Crippen molar-refractivity contribution in [3.05, 3.63) is 47.8 Å². The summed E-state index contributed by atoms with van der Waals surface area (Å²) in [4.78, 5) is 0. The van der Waals surface area contributed by atoms with Crippen LogP contribution in [0.1, 0.15) is 24.8 Å². The number of allylic oxidation sites excluding steroid dienone is 1. The van der Waals surface area contributed by atoms with E-state index in [1.807, 2.05) is 12.1 Å². The van der Waals surface area contributed by atoms with E-state index >= 15 is 0 Å². The largest absolute Gasteiger partial charge is 0.310 e. The van der Waals surface area contributed by atoms with Crippen molar-refractivity contribution in [1.82, 2.24) is 5.32 Å². The van der Waals surface area contributed by atoms with Crippen LogP contribution in [0.2, 0.25) is 0 Å². The van der Waals surface area contributed by atoms with Gasteiger partial charge in [0.05, 0.1) is 0 Å². The average molecular weight is 219 g/mol. The van der Waals surface area contributed by atoms with Crippen LogP contribution in [-0.2, 0) is 6.42 Å². The zero-order valence-corrected chi connectivity index (χ0v) is 9.45. The van der Waals surface area contributed by atoms with Crippen LogP contribution in [0.3, 0.4) is 0 Å². The van der Waals surface area contributed by atoms with E-state index in [1.165, 1.54) is 37.0 Å². The lowest BCUT2D eigenvalue weighted by atomic mass is 10.0. The fourth-order valence-corrected chi connectivity index (χ4v) is 2.04. The Morgan fingerprint density at radius 3 is 2.75 bits per heavy atom. The summed E-state index contributed by atoms with van der Waals surface area (Å²) in [5.74, 6) is -0.160. The molecular formula is C14H18FN. The zero-order valence-electron chi connectivity index (χ0n) is 9.45. The van der Waals surface area contributed by atoms with Gasteiger partial charge in [-0.25, -0.2) is 4.39 Å². The Balaban J connectivity index is 1.73. The summed E-state index contributed by atoms with van der Waals surface area (Å²) in [6.07, 6.45) is 9.21. The van der Waals surface area contributed by atoms with E-state index in [9.17, 15) is 4.39 Å². The van der Waals surface area contributed by atoms with Gasteiger partial charge in [-0.2, -0.15) is 0 Å². The summed E-state index contributed by atoms with van der Waals surface area (Å²) < 4.78 is 12.7. The molecule has 1 unspecified atom stereocenters. The molecule has 0 heterocycles. The van der Waals surface area contributed by atoms with Crippen LogP contribution in [0.4, 0.5) is 4.39 Å². The number of benzene rings is 1. The van der Waals surface area contributed by atoms with Gasteiger partial charge in [-0.1, -0.05) is 24.3 Å². The monoisotopic (exact) mass is 219 g/mol. The van der Waals surface area contributed by atoms with E-state index in [0.717, 1.165) is 13.0 Å². The summed E-state index contributed by atoms with van der Waals surface area (Å²) in [6.45, 7) is 0.959. The van der Waals surface area contributed by atoms with Crippen LogP contribution < -0.4 is 5.32 Å². The van der Waals surface area contributed by atoms with Crippen LogP contribution in [-0.4, -0.2) is 12.6 Å². The number of hydrogen-bond acceptors (Lipinski definition) is 1. The van der Waals surface area contributed by atoms with E-state index in [2.05, 4.69) is 17.5 Å². The van der Waals surface area contributed by atoms with Crippen LogP contribution in [0, 0.1) is 5.82 Å². The Kier molecular flexibility index (Phi) is 4.11. The van der Waals surface area contributed by atoms with Crippen molar-refractivity contribution in [2.45, 2.75) is 31.7 Å². The molecule has 0 bridgehead atoms. The summed E-state index contributed by atoms with van der Waals surface area (Å²) in [5.41, 5.74) is 1.19. The minimum Gasteiger partial charge on any atom is -0.310 e. The Hall–Kier alpha value is -1.15. The number of rotatable bonds is 4. The van der Waals surface area contributed by atoms with Gasteiger partial charge in [-0.3, -0.25) is 0 Å². The maximum absolute atomic E-state index is 12.7. The second kappa shape index (κ2) is 5.80. The molecule has 1 aliphatic carbocycles. The third kappa shape index (κ3) is 3.46. The Labute approximate surface area is 96.4 Å². The van der Waals surface area contributed by atoms with Crippen molar-refractivity contribution < 1.29 is 4.39 Å². The van der Waals surface area contributed by atoms with Crippen molar-refractivity contribution in [2.24, 2.45) is 0 Å². The van der Waals surface area contributed by atoms with Crippen molar-refractivity contribution in [3.63, 3.8) is 0 Å². The topological polar surface area (TPSA) is 12.0 Å². The summed E-state index contributed by atoms with van der Waals surface area (Å²) >= 11 is 0. The maximum Gasteiger partial charge on any atom is 0.123 e. The van der Waals surface area contributed by atoms with E-state index in [0.29, 0.717) is 6.04 Å². The molecular weight excluding hydrogens is 201 g/mol. The zero-order chi connectivity index (χ0) is 11.2. The van der Waals surface area contributed by atoms with Gasteiger partial charge in [0.2, 0.25) is 0 Å². The van der Waals surface area contributed by atoms with Gasteiger partial charge >= 0.3 is 0 Å². The molecule has 0 amide bonds. The molecule has 1 nitrogen and oxygen atoms in total. The molecule has 1 N–H and O–H groups in total. The Morgan fingerprint density at radius 2 is 2.06 bits per heavy atom. The van der Waals surface area contributed by atoms with Crippen molar-refractivity contribution >= 4 is 0 Å². The van der Waals surface area contributed by atoms with Gasteiger partial charge in [0.25, 0.3) is 0 Å². The molecule has 0 aliphatic heterocycles. The molecule has 0 saturated heterocycles. The van der Waals surface area contributed by atoms with Crippen LogP contribution in [0.25, 0.3) is 0 Å². The van der Waals surface area contributed by atoms with Crippen LogP contribution in [0.15, 0.2) is 36.4 Å². The van der Waals surface area contributed by atoms with Crippen LogP contribution in [0.5, 0.6) is 0 Å². The highest BCUT2D eigenvalue weighted by Crippen LogP contribution is 2.10. The first-order valence-corrected chi connectivity index (χ1v) is 5.99. The van der Waals surface area contributed by atoms with Crippen molar-refractivity contribution in [3.8, 4) is 0 Å². The van der Waals surface area contributed by atoms with Crippen molar-refractivity contribution in [2.75, 3.05) is 6.54 Å². The number of halogens is 1. The fraction of sp³-hybridized carbons (Fsp3) is 0.429. The fourth-order valence-electron chi connectivity index (χ4n) is 2.04. The third-order valence-corrected chi connectivity index (χ3v) is 2.99. The van der Waals surface area contributed by atoms with Crippen molar-refractivity contribution in [1.29, 1.82) is 0 Å². The first kappa shape index (κ1) is 11.3. The third-order valence-electron chi connectivity index (χ3n) is 2.99.